The average Bonchev–Trinajstić information content (AvgIpc) is 3.61. The van der Waals surface area contributed by atoms with Crippen LogP contribution in [0.3, 0.4) is 0 Å². The fourth-order valence-corrected chi connectivity index (χ4v) is 4.38. The number of aryl methyl sites for hydroxylation is 1. The van der Waals surface area contributed by atoms with Crippen LogP contribution in [0.5, 0.6) is 5.75 Å². The van der Waals surface area contributed by atoms with Gasteiger partial charge in [-0.1, -0.05) is 11.8 Å². The molecule has 0 spiro atoms. The van der Waals surface area contributed by atoms with Crippen molar-refractivity contribution in [1.29, 1.82) is 0 Å². The van der Waals surface area contributed by atoms with Crippen molar-refractivity contribution in [2.24, 2.45) is 4.99 Å². The lowest BCUT2D eigenvalue weighted by Crippen LogP contribution is -2.18. The summed E-state index contributed by atoms with van der Waals surface area (Å²) in [5.74, 6) is 4.61. The van der Waals surface area contributed by atoms with E-state index in [0.717, 1.165) is 43.2 Å². The Hall–Kier alpha value is -4.68. The summed E-state index contributed by atoms with van der Waals surface area (Å²) in [6.07, 6.45) is 7.22. The van der Waals surface area contributed by atoms with Crippen LogP contribution in [0.15, 0.2) is 45.9 Å². The van der Waals surface area contributed by atoms with E-state index < -0.39 is 17.7 Å². The Morgan fingerprint density at radius 2 is 2.08 bits per heavy atom. The number of aromatic nitrogens is 1. The summed E-state index contributed by atoms with van der Waals surface area (Å²) in [7, 11) is 0. The fraction of sp³-hybridized carbons (Fsp3) is 0.241. The zero-order chi connectivity index (χ0) is 26.6. The van der Waals surface area contributed by atoms with Crippen LogP contribution in [0.1, 0.15) is 52.6 Å². The third kappa shape index (κ3) is 5.36. The molecule has 9 nitrogen and oxygen atoms in total. The number of nitrogens with zero attached hydrogens (tertiary/aromatic N) is 3. The van der Waals surface area contributed by atoms with Gasteiger partial charge in [0.1, 0.15) is 0 Å². The second-order valence-corrected chi connectivity index (χ2v) is 9.07. The molecule has 2 aliphatic heterocycles. The van der Waals surface area contributed by atoms with Crippen molar-refractivity contribution < 1.29 is 23.8 Å². The molecular formula is C29H26N4O5. The summed E-state index contributed by atoms with van der Waals surface area (Å²) in [5.41, 5.74) is 3.46. The number of likely N-dealkylation sites (tertiary alicyclic amines) is 1. The molecule has 192 valence electrons. The molecule has 0 saturated carbocycles. The first-order valence-electron chi connectivity index (χ1n) is 12.3. The molecule has 2 N–H and O–H groups in total. The Kier molecular flexibility index (Phi) is 7.07. The van der Waals surface area contributed by atoms with Gasteiger partial charge in [0.05, 0.1) is 6.54 Å². The number of aromatic hydroxyl groups is 1. The minimum absolute atomic E-state index is 0.00297. The van der Waals surface area contributed by atoms with Gasteiger partial charge >= 0.3 is 11.9 Å². The van der Waals surface area contributed by atoms with Gasteiger partial charge in [0.2, 0.25) is 5.88 Å². The van der Waals surface area contributed by atoms with E-state index in [-0.39, 0.29) is 17.2 Å². The third-order valence-corrected chi connectivity index (χ3v) is 6.27. The van der Waals surface area contributed by atoms with Crippen molar-refractivity contribution >= 4 is 47.2 Å². The maximum atomic E-state index is 12.7. The Bertz CT molecular complexity index is 1530. The molecule has 1 fully saturated rings. The lowest BCUT2D eigenvalue weighted by Gasteiger charge is -2.10. The van der Waals surface area contributed by atoms with Crippen LogP contribution in [0.25, 0.3) is 11.6 Å². The Labute approximate surface area is 219 Å². The fourth-order valence-electron chi connectivity index (χ4n) is 4.38. The normalized spacial score (nSPS) is 15.3. The van der Waals surface area contributed by atoms with Gasteiger partial charge in [-0.15, -0.1) is 0 Å². The Morgan fingerprint density at radius 3 is 2.84 bits per heavy atom. The van der Waals surface area contributed by atoms with E-state index in [0.29, 0.717) is 17.1 Å². The molecular weight excluding hydrogens is 484 g/mol. The lowest BCUT2D eigenvalue weighted by molar-refractivity contribution is -0.135. The van der Waals surface area contributed by atoms with Crippen LogP contribution < -0.4 is 5.32 Å². The largest absolute Gasteiger partial charge is 0.504 e. The molecule has 0 amide bonds. The third-order valence-electron chi connectivity index (χ3n) is 6.27. The number of fused-ring (bicyclic) bond motifs is 1. The van der Waals surface area contributed by atoms with Gasteiger partial charge in [0.25, 0.3) is 0 Å². The molecule has 2 aromatic heterocycles. The number of furan rings is 1. The molecule has 1 saturated heterocycles. The molecule has 38 heavy (non-hydrogen) atoms. The minimum atomic E-state index is -1.03. The second kappa shape index (κ2) is 10.7. The molecule has 0 radical (unpaired) electrons. The number of carbonyl (C=O) groups is 2. The van der Waals surface area contributed by atoms with Crippen LogP contribution in [0, 0.1) is 18.8 Å². The number of allylic oxidation sites excluding steroid dienone is 1. The molecule has 0 bridgehead atoms. The highest BCUT2D eigenvalue weighted by atomic mass is 16.6. The topological polar surface area (TPSA) is 117 Å². The average molecular weight is 511 g/mol. The van der Waals surface area contributed by atoms with E-state index in [9.17, 15) is 14.7 Å². The van der Waals surface area contributed by atoms with Crippen molar-refractivity contribution in [2.45, 2.75) is 26.7 Å². The molecule has 3 aromatic rings. The number of rotatable bonds is 5. The van der Waals surface area contributed by atoms with Gasteiger partial charge in [-0.2, -0.15) is 0 Å². The Balaban J connectivity index is 1.44. The van der Waals surface area contributed by atoms with E-state index >= 15 is 0 Å². The van der Waals surface area contributed by atoms with Gasteiger partial charge in [0.15, 0.2) is 22.9 Å². The molecule has 4 heterocycles. The van der Waals surface area contributed by atoms with Gasteiger partial charge in [-0.25, -0.2) is 14.8 Å². The summed E-state index contributed by atoms with van der Waals surface area (Å²) in [4.78, 5) is 35.0. The molecule has 1 aromatic carbocycles. The number of anilines is 2. The molecule has 0 atom stereocenters. The summed E-state index contributed by atoms with van der Waals surface area (Å²) >= 11 is 0. The molecule has 0 unspecified atom stereocenters. The monoisotopic (exact) mass is 510 g/mol. The maximum Gasteiger partial charge on any atom is 0.355 e. The van der Waals surface area contributed by atoms with Crippen LogP contribution in [-0.2, 0) is 9.53 Å². The first-order valence-corrected chi connectivity index (χ1v) is 12.3. The standard InChI is InChI=1S/C29H26N4O5/c1-18-15-20(7-6-14-33-12-3-4-13-33)9-10-23(18)32-28-25(29(36)37-19(2)34)26(35)24(38-28)16-21-17-31-27-22(21)8-5-11-30-27/h5,8-11,15-17,32,35H,3-4,12-14H2,1-2H3. The van der Waals surface area contributed by atoms with Crippen molar-refractivity contribution in [3.63, 3.8) is 0 Å². The first-order chi connectivity index (χ1) is 18.4. The highest BCUT2D eigenvalue weighted by molar-refractivity contribution is 6.21. The van der Waals surface area contributed by atoms with Crippen molar-refractivity contribution in [3.8, 4) is 17.6 Å². The molecule has 5 rings (SSSR count). The first kappa shape index (κ1) is 25.0. The quantitative estimate of drug-likeness (QED) is 0.285. The molecule has 2 aliphatic rings. The number of hydrogen-bond acceptors (Lipinski definition) is 9. The maximum absolute atomic E-state index is 12.7. The zero-order valence-electron chi connectivity index (χ0n) is 21.1. The number of benzene rings is 1. The number of ether oxygens (including phenoxy) is 1. The molecule has 9 heteroatoms. The van der Waals surface area contributed by atoms with Gasteiger partial charge in [0, 0.05) is 41.7 Å². The number of carbonyl (C=O) groups excluding carboxylic acids is 2. The van der Waals surface area contributed by atoms with Crippen LogP contribution >= 0.6 is 0 Å². The highest BCUT2D eigenvalue weighted by Gasteiger charge is 2.28. The smallest absolute Gasteiger partial charge is 0.355 e. The summed E-state index contributed by atoms with van der Waals surface area (Å²) in [6.45, 7) is 5.94. The van der Waals surface area contributed by atoms with E-state index in [1.54, 1.807) is 24.6 Å². The number of esters is 2. The van der Waals surface area contributed by atoms with Crippen LogP contribution in [-0.4, -0.2) is 52.8 Å². The summed E-state index contributed by atoms with van der Waals surface area (Å²) < 4.78 is 10.6. The number of hydrogen-bond donors (Lipinski definition) is 2. The zero-order valence-corrected chi connectivity index (χ0v) is 21.1. The van der Waals surface area contributed by atoms with E-state index in [1.165, 1.54) is 12.8 Å². The summed E-state index contributed by atoms with van der Waals surface area (Å²) in [6, 6.07) is 9.22. The van der Waals surface area contributed by atoms with E-state index in [2.05, 4.69) is 32.0 Å². The van der Waals surface area contributed by atoms with E-state index in [4.69, 9.17) is 9.15 Å². The summed E-state index contributed by atoms with van der Waals surface area (Å²) in [5, 5.41) is 14.0. The van der Waals surface area contributed by atoms with Crippen LogP contribution in [0.4, 0.5) is 17.4 Å². The van der Waals surface area contributed by atoms with Crippen molar-refractivity contribution in [1.82, 2.24) is 9.88 Å². The van der Waals surface area contributed by atoms with Gasteiger partial charge in [-0.05, 0) is 74.8 Å². The SMILES string of the molecule is CC(=O)OC(=O)c1c(Nc2ccc(C#CCN3CCCC3)cc2C)oc(C=C2C=Nc3ncccc32)c1O. The minimum Gasteiger partial charge on any atom is -0.504 e. The van der Waals surface area contributed by atoms with Gasteiger partial charge in [-0.3, -0.25) is 9.69 Å². The highest BCUT2D eigenvalue weighted by Crippen LogP contribution is 2.39. The molecule has 0 aliphatic carbocycles. The van der Waals surface area contributed by atoms with Gasteiger partial charge < -0.3 is 19.6 Å². The predicted molar refractivity (Wildman–Crippen MR) is 144 cm³/mol. The second-order valence-electron chi connectivity index (χ2n) is 9.07. The number of aliphatic imine (C=N–C) groups is 1. The Morgan fingerprint density at radius 1 is 1.26 bits per heavy atom. The number of nitrogens with one attached hydrogen (secondary N) is 1. The predicted octanol–water partition coefficient (Wildman–Crippen LogP) is 4.84. The van der Waals surface area contributed by atoms with Crippen molar-refractivity contribution in [3.05, 3.63) is 64.5 Å². The van der Waals surface area contributed by atoms with Crippen molar-refractivity contribution in [2.75, 3.05) is 25.0 Å². The lowest BCUT2D eigenvalue weighted by atomic mass is 10.1. The van der Waals surface area contributed by atoms with E-state index in [1.807, 2.05) is 31.2 Å². The van der Waals surface area contributed by atoms with Crippen LogP contribution in [0.2, 0.25) is 0 Å². The number of pyridine rings is 1.